The first-order valence-corrected chi connectivity index (χ1v) is 4.92. The van der Waals surface area contributed by atoms with Gasteiger partial charge in [0.05, 0.1) is 10.6 Å². The molecule has 0 amide bonds. The zero-order valence-corrected chi connectivity index (χ0v) is 9.12. The Morgan fingerprint density at radius 3 is 2.76 bits per heavy atom. The van der Waals surface area contributed by atoms with E-state index in [1.165, 1.54) is 12.3 Å². The molecule has 0 aliphatic heterocycles. The third kappa shape index (κ3) is 2.05. The predicted octanol–water partition coefficient (Wildman–Crippen LogP) is 1.94. The summed E-state index contributed by atoms with van der Waals surface area (Å²) in [6.45, 7) is 1.69. The number of benzene rings is 1. The summed E-state index contributed by atoms with van der Waals surface area (Å²) in [5, 5.41) is 10.8. The van der Waals surface area contributed by atoms with Gasteiger partial charge in [0.25, 0.3) is 5.69 Å². The fourth-order valence-corrected chi connectivity index (χ4v) is 1.62. The van der Waals surface area contributed by atoms with Crippen molar-refractivity contribution in [1.29, 1.82) is 0 Å². The molecule has 0 bridgehead atoms. The molecule has 17 heavy (non-hydrogen) atoms. The summed E-state index contributed by atoms with van der Waals surface area (Å²) < 4.78 is 0. The molecule has 2 rings (SSSR count). The molecule has 1 heterocycles. The summed E-state index contributed by atoms with van der Waals surface area (Å²) in [5.41, 5.74) is 7.39. The standard InChI is InChI=1S/C11H10N4O2/c1-7-8(3-2-4-10(7)15(16)17)9-5-6-13-11(12)14-9/h2-6H,1H3,(H2,12,13,14). The Bertz CT molecular complexity index is 583. The first kappa shape index (κ1) is 11.0. The van der Waals surface area contributed by atoms with Gasteiger partial charge >= 0.3 is 0 Å². The quantitative estimate of drug-likeness (QED) is 0.628. The number of nitrogens with two attached hydrogens (primary N) is 1. The van der Waals surface area contributed by atoms with E-state index in [0.29, 0.717) is 16.8 Å². The third-order valence-electron chi connectivity index (χ3n) is 2.45. The molecule has 0 unspecified atom stereocenters. The van der Waals surface area contributed by atoms with Crippen LogP contribution >= 0.6 is 0 Å². The molecule has 0 saturated carbocycles. The summed E-state index contributed by atoms with van der Waals surface area (Å²) in [7, 11) is 0. The number of nitro benzene ring substituents is 1. The fraction of sp³-hybridized carbons (Fsp3) is 0.0909. The minimum atomic E-state index is -0.413. The van der Waals surface area contributed by atoms with Crippen molar-refractivity contribution in [2.24, 2.45) is 0 Å². The van der Waals surface area contributed by atoms with Crippen molar-refractivity contribution in [1.82, 2.24) is 9.97 Å². The largest absolute Gasteiger partial charge is 0.368 e. The van der Waals surface area contributed by atoms with E-state index in [2.05, 4.69) is 9.97 Å². The number of nitrogens with zero attached hydrogens (tertiary/aromatic N) is 3. The summed E-state index contributed by atoms with van der Waals surface area (Å²) >= 11 is 0. The van der Waals surface area contributed by atoms with Crippen molar-refractivity contribution in [3.63, 3.8) is 0 Å². The van der Waals surface area contributed by atoms with E-state index in [-0.39, 0.29) is 11.6 Å². The summed E-state index contributed by atoms with van der Waals surface area (Å²) in [6.07, 6.45) is 1.52. The fourth-order valence-electron chi connectivity index (χ4n) is 1.62. The van der Waals surface area contributed by atoms with Gasteiger partial charge in [0.2, 0.25) is 5.95 Å². The Morgan fingerprint density at radius 2 is 2.12 bits per heavy atom. The second-order valence-corrected chi connectivity index (χ2v) is 3.51. The normalized spacial score (nSPS) is 10.2. The van der Waals surface area contributed by atoms with Crippen molar-refractivity contribution < 1.29 is 4.92 Å². The van der Waals surface area contributed by atoms with Gasteiger partial charge in [-0.25, -0.2) is 9.97 Å². The first-order chi connectivity index (χ1) is 8.09. The van der Waals surface area contributed by atoms with Gasteiger partial charge in [0, 0.05) is 23.4 Å². The van der Waals surface area contributed by atoms with E-state index in [0.717, 1.165) is 0 Å². The number of nitro groups is 1. The molecule has 0 aliphatic rings. The molecular formula is C11H10N4O2. The molecule has 0 aliphatic carbocycles. The Labute approximate surface area is 97.3 Å². The van der Waals surface area contributed by atoms with E-state index in [9.17, 15) is 10.1 Å². The van der Waals surface area contributed by atoms with Crippen LogP contribution in [0.2, 0.25) is 0 Å². The highest BCUT2D eigenvalue weighted by Gasteiger charge is 2.14. The van der Waals surface area contributed by atoms with Crippen LogP contribution in [0.15, 0.2) is 30.5 Å². The number of nitrogen functional groups attached to an aromatic ring is 1. The van der Waals surface area contributed by atoms with Crippen molar-refractivity contribution in [2.75, 3.05) is 5.73 Å². The van der Waals surface area contributed by atoms with Crippen molar-refractivity contribution in [3.8, 4) is 11.3 Å². The monoisotopic (exact) mass is 230 g/mol. The highest BCUT2D eigenvalue weighted by atomic mass is 16.6. The van der Waals surface area contributed by atoms with E-state index < -0.39 is 4.92 Å². The Morgan fingerprint density at radius 1 is 1.35 bits per heavy atom. The number of aromatic nitrogens is 2. The smallest absolute Gasteiger partial charge is 0.272 e. The van der Waals surface area contributed by atoms with Crippen LogP contribution in [0.25, 0.3) is 11.3 Å². The van der Waals surface area contributed by atoms with Gasteiger partial charge in [-0.1, -0.05) is 12.1 Å². The Hall–Kier alpha value is -2.50. The lowest BCUT2D eigenvalue weighted by Crippen LogP contribution is -1.98. The Kier molecular flexibility index (Phi) is 2.70. The van der Waals surface area contributed by atoms with E-state index in [1.54, 1.807) is 25.1 Å². The van der Waals surface area contributed by atoms with E-state index >= 15 is 0 Å². The third-order valence-corrected chi connectivity index (χ3v) is 2.45. The van der Waals surface area contributed by atoms with Crippen molar-refractivity contribution in [2.45, 2.75) is 6.92 Å². The SMILES string of the molecule is Cc1c(-c2ccnc(N)n2)cccc1[N+](=O)[O-]. The van der Waals surface area contributed by atoms with Gasteiger partial charge in [0.1, 0.15) is 0 Å². The number of anilines is 1. The van der Waals surface area contributed by atoms with Gasteiger partial charge in [-0.2, -0.15) is 0 Å². The molecule has 0 atom stereocenters. The van der Waals surface area contributed by atoms with Crippen LogP contribution in [-0.2, 0) is 0 Å². The second kappa shape index (κ2) is 4.17. The second-order valence-electron chi connectivity index (χ2n) is 3.51. The van der Waals surface area contributed by atoms with E-state index in [4.69, 9.17) is 5.73 Å². The van der Waals surface area contributed by atoms with Gasteiger partial charge in [-0.05, 0) is 13.0 Å². The molecule has 0 spiro atoms. The highest BCUT2D eigenvalue weighted by molar-refractivity contribution is 5.68. The molecule has 1 aromatic carbocycles. The molecule has 0 radical (unpaired) electrons. The van der Waals surface area contributed by atoms with Crippen LogP contribution < -0.4 is 5.73 Å². The van der Waals surface area contributed by atoms with Gasteiger partial charge < -0.3 is 5.73 Å². The van der Waals surface area contributed by atoms with Crippen molar-refractivity contribution in [3.05, 3.63) is 46.1 Å². The molecular weight excluding hydrogens is 220 g/mol. The molecule has 86 valence electrons. The molecule has 6 heteroatoms. The van der Waals surface area contributed by atoms with Gasteiger partial charge in [-0.15, -0.1) is 0 Å². The number of hydrogen-bond acceptors (Lipinski definition) is 5. The van der Waals surface area contributed by atoms with Crippen molar-refractivity contribution >= 4 is 11.6 Å². The minimum absolute atomic E-state index is 0.0692. The zero-order chi connectivity index (χ0) is 12.4. The zero-order valence-electron chi connectivity index (χ0n) is 9.12. The van der Waals surface area contributed by atoms with Crippen LogP contribution in [0.3, 0.4) is 0 Å². The lowest BCUT2D eigenvalue weighted by molar-refractivity contribution is -0.385. The highest BCUT2D eigenvalue weighted by Crippen LogP contribution is 2.28. The number of rotatable bonds is 2. The average Bonchev–Trinajstić information content (AvgIpc) is 2.29. The molecule has 6 nitrogen and oxygen atoms in total. The number of hydrogen-bond donors (Lipinski definition) is 1. The van der Waals surface area contributed by atoms with Gasteiger partial charge in [-0.3, -0.25) is 10.1 Å². The first-order valence-electron chi connectivity index (χ1n) is 4.92. The summed E-state index contributed by atoms with van der Waals surface area (Å²) in [4.78, 5) is 18.2. The summed E-state index contributed by atoms with van der Waals surface area (Å²) in [5.74, 6) is 0.147. The minimum Gasteiger partial charge on any atom is -0.368 e. The maximum atomic E-state index is 10.8. The molecule has 2 aromatic rings. The van der Waals surface area contributed by atoms with Crippen LogP contribution in [0.1, 0.15) is 5.56 Å². The lowest BCUT2D eigenvalue weighted by Gasteiger charge is -2.05. The summed E-state index contributed by atoms with van der Waals surface area (Å²) in [6, 6.07) is 6.52. The molecule has 0 fully saturated rings. The Balaban J connectivity index is 2.60. The maximum Gasteiger partial charge on any atom is 0.272 e. The molecule has 0 saturated heterocycles. The van der Waals surface area contributed by atoms with E-state index in [1.807, 2.05) is 0 Å². The predicted molar refractivity (Wildman–Crippen MR) is 63.3 cm³/mol. The molecule has 2 N–H and O–H groups in total. The van der Waals surface area contributed by atoms with Crippen LogP contribution in [-0.4, -0.2) is 14.9 Å². The van der Waals surface area contributed by atoms with Crippen LogP contribution in [0, 0.1) is 17.0 Å². The average molecular weight is 230 g/mol. The van der Waals surface area contributed by atoms with Crippen LogP contribution in [0.5, 0.6) is 0 Å². The molecule has 1 aromatic heterocycles. The maximum absolute atomic E-state index is 10.8. The van der Waals surface area contributed by atoms with Crippen LogP contribution in [0.4, 0.5) is 11.6 Å². The lowest BCUT2D eigenvalue weighted by atomic mass is 10.0. The van der Waals surface area contributed by atoms with Gasteiger partial charge in [0.15, 0.2) is 0 Å². The topological polar surface area (TPSA) is 94.9 Å².